The maximum absolute atomic E-state index is 12.7. The maximum atomic E-state index is 12.7. The van der Waals surface area contributed by atoms with Gasteiger partial charge in [-0.25, -0.2) is 41.8 Å². The monoisotopic (exact) mass is 626 g/mol. The summed E-state index contributed by atoms with van der Waals surface area (Å²) in [5, 5.41) is 2.48. The van der Waals surface area contributed by atoms with Gasteiger partial charge in [-0.05, 0) is 11.4 Å². The van der Waals surface area contributed by atoms with Gasteiger partial charge < -0.3 is 10.6 Å². The average molecular weight is 626 g/mol. The number of benzene rings is 2. The number of alkyl halides is 6. The first-order valence-corrected chi connectivity index (χ1v) is 10.5. The summed E-state index contributed by atoms with van der Waals surface area (Å²) in [5.74, 6) is -9.60. The standard InChI is InChI=1S/2C8H3F5NO.2C5H5.Ti/c2*9-4-1-2-6(5(10)3-4)14-7(15)8(11,12)13;2*1-2-4-5-3-1;/h2*1-2H,(H,14,15);2*1-5H;/q4*-1;+4. The van der Waals surface area contributed by atoms with E-state index in [1.165, 1.54) is 22.8 Å². The van der Waals surface area contributed by atoms with E-state index < -0.39 is 58.8 Å². The molecule has 216 valence electrons. The van der Waals surface area contributed by atoms with Crippen LogP contribution in [0.5, 0.6) is 0 Å². The van der Waals surface area contributed by atoms with Gasteiger partial charge in [-0.1, -0.05) is 0 Å². The van der Waals surface area contributed by atoms with Gasteiger partial charge in [0, 0.05) is 23.3 Å². The molecule has 41 heavy (non-hydrogen) atoms. The Kier molecular flexibility index (Phi) is 16.0. The third kappa shape index (κ3) is 15.5. The Balaban J connectivity index is 0.000000573. The number of hydrogen-bond donors (Lipinski definition) is 2. The summed E-state index contributed by atoms with van der Waals surface area (Å²) in [7, 11) is 0. The average Bonchev–Trinajstić information content (AvgIpc) is 3.61. The largest absolute Gasteiger partial charge is 4.00 e. The number of halogens is 10. The summed E-state index contributed by atoms with van der Waals surface area (Å²) in [5.41, 5.74) is -1.56. The molecule has 0 aliphatic heterocycles. The summed E-state index contributed by atoms with van der Waals surface area (Å²) in [4.78, 5) is 20.7. The first-order valence-electron chi connectivity index (χ1n) is 10.5. The van der Waals surface area contributed by atoms with Crippen LogP contribution in [0.25, 0.3) is 0 Å². The number of carbonyl (C=O) groups excluding carboxylic acids is 2. The Morgan fingerprint density at radius 1 is 0.585 bits per heavy atom. The molecule has 0 aliphatic rings. The van der Waals surface area contributed by atoms with Crippen LogP contribution >= 0.6 is 0 Å². The smallest absolute Gasteiger partial charge is 0.369 e. The number of carbonyl (C=O) groups is 2. The Hall–Kier alpha value is -3.91. The van der Waals surface area contributed by atoms with Crippen LogP contribution < -0.4 is 10.6 Å². The fourth-order valence-electron chi connectivity index (χ4n) is 2.11. The molecule has 4 aromatic carbocycles. The topological polar surface area (TPSA) is 58.2 Å². The van der Waals surface area contributed by atoms with Gasteiger partial charge in [-0.3, -0.25) is 9.59 Å². The van der Waals surface area contributed by atoms with Crippen molar-refractivity contribution in [1.82, 2.24) is 0 Å². The number of rotatable bonds is 2. The zero-order valence-electron chi connectivity index (χ0n) is 20.2. The first-order chi connectivity index (χ1) is 18.6. The van der Waals surface area contributed by atoms with E-state index in [0.29, 0.717) is 24.3 Å². The Morgan fingerprint density at radius 3 is 1.07 bits per heavy atom. The molecule has 0 aliphatic carbocycles. The minimum Gasteiger partial charge on any atom is -0.369 e. The van der Waals surface area contributed by atoms with E-state index in [4.69, 9.17) is 0 Å². The van der Waals surface area contributed by atoms with Crippen molar-refractivity contribution in [2.75, 3.05) is 10.6 Å². The zero-order valence-corrected chi connectivity index (χ0v) is 21.7. The molecule has 0 saturated carbocycles. The summed E-state index contributed by atoms with van der Waals surface area (Å²) in [6.07, 6.45) is -10.2. The summed E-state index contributed by atoms with van der Waals surface area (Å²) < 4.78 is 120. The van der Waals surface area contributed by atoms with Crippen LogP contribution in [0.1, 0.15) is 0 Å². The molecule has 0 spiro atoms. The van der Waals surface area contributed by atoms with Gasteiger partial charge >= 0.3 is 45.9 Å². The molecule has 0 saturated heterocycles. The van der Waals surface area contributed by atoms with Gasteiger partial charge in [0.15, 0.2) is 0 Å². The van der Waals surface area contributed by atoms with Crippen molar-refractivity contribution < 1.29 is 75.2 Å². The first kappa shape index (κ1) is 37.1. The zero-order chi connectivity index (χ0) is 30.3. The van der Waals surface area contributed by atoms with E-state index in [0.717, 1.165) is 0 Å². The summed E-state index contributed by atoms with van der Waals surface area (Å²) in [6.45, 7) is 0. The molecule has 0 aromatic heterocycles. The van der Waals surface area contributed by atoms with E-state index in [2.05, 4.69) is 0 Å². The van der Waals surface area contributed by atoms with Crippen LogP contribution in [0.15, 0.2) is 84.9 Å². The molecule has 0 fully saturated rings. The number of amides is 2. The molecule has 0 bridgehead atoms. The third-order valence-electron chi connectivity index (χ3n) is 3.85. The molecule has 4 rings (SSSR count). The third-order valence-corrected chi connectivity index (χ3v) is 3.85. The number of anilines is 2. The number of hydrogen-bond acceptors (Lipinski definition) is 2. The van der Waals surface area contributed by atoms with Crippen molar-refractivity contribution in [2.45, 2.75) is 12.4 Å². The second-order valence-corrected chi connectivity index (χ2v) is 6.90. The van der Waals surface area contributed by atoms with Crippen LogP contribution in [0, 0.1) is 35.4 Å². The van der Waals surface area contributed by atoms with Crippen molar-refractivity contribution in [3.63, 3.8) is 0 Å². The molecule has 0 radical (unpaired) electrons. The molecule has 0 unspecified atom stereocenters. The minimum absolute atomic E-state index is 0. The second kappa shape index (κ2) is 17.7. The van der Waals surface area contributed by atoms with Gasteiger partial charge in [0.05, 0.1) is 0 Å². The Labute approximate surface area is 241 Å². The predicted octanol–water partition coefficient (Wildman–Crippen LogP) is 7.34. The van der Waals surface area contributed by atoms with E-state index in [1.807, 2.05) is 60.7 Å². The molecular formula is C26H16F10N2O2Ti. The van der Waals surface area contributed by atoms with Gasteiger partial charge in [0.2, 0.25) is 0 Å². The van der Waals surface area contributed by atoms with Crippen LogP contribution in [0.4, 0.5) is 55.3 Å². The van der Waals surface area contributed by atoms with Gasteiger partial charge in [-0.15, -0.1) is 36.4 Å². The molecule has 4 aromatic rings. The molecule has 2 N–H and O–H groups in total. The normalized spacial score (nSPS) is 10.2. The van der Waals surface area contributed by atoms with Crippen molar-refractivity contribution in [3.8, 4) is 0 Å². The molecular weight excluding hydrogens is 610 g/mol. The van der Waals surface area contributed by atoms with Crippen molar-refractivity contribution in [2.24, 2.45) is 0 Å². The van der Waals surface area contributed by atoms with Crippen LogP contribution in [-0.4, -0.2) is 24.2 Å². The van der Waals surface area contributed by atoms with E-state index >= 15 is 0 Å². The summed E-state index contributed by atoms with van der Waals surface area (Å²) in [6, 6.07) is 25.7. The molecule has 0 atom stereocenters. The molecule has 0 heterocycles. The second-order valence-electron chi connectivity index (χ2n) is 6.90. The van der Waals surface area contributed by atoms with Crippen molar-refractivity contribution in [1.29, 1.82) is 0 Å². The number of nitrogens with one attached hydrogen (secondary N) is 2. The van der Waals surface area contributed by atoms with Gasteiger partial charge in [-0.2, -0.15) is 62.7 Å². The van der Waals surface area contributed by atoms with Gasteiger partial charge in [0.1, 0.15) is 0 Å². The van der Waals surface area contributed by atoms with Crippen LogP contribution in [0.3, 0.4) is 0 Å². The quantitative estimate of drug-likeness (QED) is 0.139. The van der Waals surface area contributed by atoms with E-state index in [9.17, 15) is 53.5 Å². The minimum atomic E-state index is -5.12. The fraction of sp³-hybridized carbons (Fsp3) is 0.0769. The predicted molar refractivity (Wildman–Crippen MR) is 124 cm³/mol. The van der Waals surface area contributed by atoms with Gasteiger partial charge in [0.25, 0.3) is 0 Å². The molecule has 4 nitrogen and oxygen atoms in total. The van der Waals surface area contributed by atoms with Crippen LogP contribution in [-0.2, 0) is 31.3 Å². The fourth-order valence-corrected chi connectivity index (χ4v) is 2.11. The summed E-state index contributed by atoms with van der Waals surface area (Å²) >= 11 is 0. The van der Waals surface area contributed by atoms with E-state index in [-0.39, 0.29) is 21.7 Å². The van der Waals surface area contributed by atoms with Crippen LogP contribution in [0.2, 0.25) is 0 Å². The van der Waals surface area contributed by atoms with Crippen molar-refractivity contribution in [3.05, 3.63) is 120 Å². The van der Waals surface area contributed by atoms with E-state index in [1.54, 1.807) is 0 Å². The van der Waals surface area contributed by atoms with Crippen molar-refractivity contribution >= 4 is 23.2 Å². The Morgan fingerprint density at radius 2 is 0.878 bits per heavy atom. The SMILES string of the molecule is O=C(Nc1ccc(F)[c-]c1F)C(F)(F)F.O=C(Nc1ccc(F)[c-]c1F)C(F)(F)F.[Ti+4].c1cc[cH-]c1.c1cc[cH-]c1. The molecule has 15 heteroatoms. The molecule has 2 amide bonds. The maximum Gasteiger partial charge on any atom is 4.00 e. The Bertz CT molecular complexity index is 1170.